The topological polar surface area (TPSA) is 29.3 Å². The Hall–Kier alpha value is -0.280. The van der Waals surface area contributed by atoms with Gasteiger partial charge in [0.2, 0.25) is 0 Å². The molecule has 0 aromatic heterocycles. The van der Waals surface area contributed by atoms with Crippen molar-refractivity contribution in [1.82, 2.24) is 4.42 Å². The van der Waals surface area contributed by atoms with E-state index in [-0.39, 0.29) is 12.4 Å². The number of nitrogens with zero attached hydrogens (tertiary/aromatic N) is 1. The van der Waals surface area contributed by atoms with E-state index in [1.165, 1.54) is 11.1 Å². The summed E-state index contributed by atoms with van der Waals surface area (Å²) < 4.78 is 1.89. The van der Waals surface area contributed by atoms with Crippen LogP contribution >= 0.6 is 24.2 Å². The average molecular weight is 289 g/mol. The van der Waals surface area contributed by atoms with Crippen molar-refractivity contribution < 1.29 is 0 Å². The summed E-state index contributed by atoms with van der Waals surface area (Å²) in [5.41, 5.74) is 8.54. The first-order chi connectivity index (χ1) is 8.20. The molecule has 0 bridgehead atoms. The maximum Gasteiger partial charge on any atom is 0.0144 e. The summed E-state index contributed by atoms with van der Waals surface area (Å²) in [6.07, 6.45) is 2.31. The molecule has 2 rings (SSSR count). The Morgan fingerprint density at radius 2 is 2.06 bits per heavy atom. The average Bonchev–Trinajstić information content (AvgIpc) is 2.39. The summed E-state index contributed by atoms with van der Waals surface area (Å²) in [5.74, 6) is 1.11. The molecule has 1 heterocycles. The van der Waals surface area contributed by atoms with E-state index in [4.69, 9.17) is 17.5 Å². The highest BCUT2D eigenvalue weighted by Crippen LogP contribution is 2.30. The van der Waals surface area contributed by atoms with Gasteiger partial charge in [-0.25, -0.2) is 4.42 Å². The summed E-state index contributed by atoms with van der Waals surface area (Å²) in [7, 11) is 0. The zero-order valence-electron chi connectivity index (χ0n) is 10.8. The number of rotatable bonds is 3. The predicted molar refractivity (Wildman–Crippen MR) is 80.6 cm³/mol. The second-order valence-corrected chi connectivity index (χ2v) is 5.47. The van der Waals surface area contributed by atoms with Gasteiger partial charge in [0.25, 0.3) is 0 Å². The van der Waals surface area contributed by atoms with Crippen LogP contribution in [0.1, 0.15) is 42.7 Å². The van der Waals surface area contributed by atoms with Gasteiger partial charge >= 0.3 is 0 Å². The fourth-order valence-electron chi connectivity index (χ4n) is 2.44. The quantitative estimate of drug-likeness (QED) is 0.863. The van der Waals surface area contributed by atoms with E-state index in [0.29, 0.717) is 18.4 Å². The molecular formula is C14H22Cl2N2. The van der Waals surface area contributed by atoms with E-state index in [0.717, 1.165) is 25.9 Å². The van der Waals surface area contributed by atoms with Crippen LogP contribution in [0.25, 0.3) is 0 Å². The number of hydrogen-bond donors (Lipinski definition) is 1. The van der Waals surface area contributed by atoms with Crippen LogP contribution < -0.4 is 5.73 Å². The van der Waals surface area contributed by atoms with Crippen LogP contribution in [0, 0.1) is 0 Å². The summed E-state index contributed by atoms with van der Waals surface area (Å²) in [6.45, 7) is 4.87. The standard InChI is InChI=1S/C14H21ClN2.ClH/c1-11(10-16)13-3-2-4-14(9-13)12-5-7-17(15)8-6-12;/h2-4,9,11-12H,5-8,10,16H2,1H3;1H. The normalized spacial score (nSPS) is 19.3. The van der Waals surface area contributed by atoms with Gasteiger partial charge in [0.15, 0.2) is 0 Å². The lowest BCUT2D eigenvalue weighted by atomic mass is 9.87. The molecule has 4 heteroatoms. The van der Waals surface area contributed by atoms with Gasteiger partial charge < -0.3 is 5.73 Å². The largest absolute Gasteiger partial charge is 0.330 e. The molecule has 0 amide bonds. The summed E-state index contributed by atoms with van der Waals surface area (Å²) in [6, 6.07) is 8.90. The van der Waals surface area contributed by atoms with Gasteiger partial charge in [-0.05, 0) is 54.1 Å². The third kappa shape index (κ3) is 3.86. The highest BCUT2D eigenvalue weighted by atomic mass is 35.5. The van der Waals surface area contributed by atoms with Crippen LogP contribution in [0.15, 0.2) is 24.3 Å². The smallest absolute Gasteiger partial charge is 0.0144 e. The van der Waals surface area contributed by atoms with Crippen molar-refractivity contribution in [2.75, 3.05) is 19.6 Å². The molecule has 1 aliphatic rings. The molecule has 0 aliphatic carbocycles. The predicted octanol–water partition coefficient (Wildman–Crippen LogP) is 3.50. The molecule has 1 aromatic carbocycles. The van der Waals surface area contributed by atoms with Gasteiger partial charge in [0.05, 0.1) is 0 Å². The minimum absolute atomic E-state index is 0. The first kappa shape index (κ1) is 15.8. The maximum absolute atomic E-state index is 5.99. The van der Waals surface area contributed by atoms with Crippen LogP contribution in [0.3, 0.4) is 0 Å². The Balaban J connectivity index is 0.00000162. The summed E-state index contributed by atoms with van der Waals surface area (Å²) >= 11 is 5.99. The molecule has 0 spiro atoms. The number of piperidine rings is 1. The molecule has 1 saturated heterocycles. The van der Waals surface area contributed by atoms with Crippen molar-refractivity contribution >= 4 is 24.2 Å². The molecule has 1 aromatic rings. The number of hydrogen-bond acceptors (Lipinski definition) is 2. The van der Waals surface area contributed by atoms with Gasteiger partial charge in [0.1, 0.15) is 0 Å². The number of halogens is 2. The Bertz CT molecular complexity index is 363. The minimum Gasteiger partial charge on any atom is -0.330 e. The van der Waals surface area contributed by atoms with Gasteiger partial charge in [-0.1, -0.05) is 31.2 Å². The van der Waals surface area contributed by atoms with Crippen LogP contribution in [0.5, 0.6) is 0 Å². The molecule has 1 unspecified atom stereocenters. The summed E-state index contributed by atoms with van der Waals surface area (Å²) in [5, 5.41) is 0. The number of nitrogens with two attached hydrogens (primary N) is 1. The lowest BCUT2D eigenvalue weighted by Crippen LogP contribution is -2.25. The molecule has 1 fully saturated rings. The summed E-state index contributed by atoms with van der Waals surface area (Å²) in [4.78, 5) is 0. The van der Waals surface area contributed by atoms with Crippen LogP contribution in [-0.2, 0) is 0 Å². The molecule has 0 saturated carbocycles. The highest BCUT2D eigenvalue weighted by Gasteiger charge is 2.19. The SMILES string of the molecule is CC(CN)c1cccc(C2CCN(Cl)CC2)c1.Cl. The second-order valence-electron chi connectivity index (χ2n) is 4.99. The van der Waals surface area contributed by atoms with Crippen molar-refractivity contribution in [3.63, 3.8) is 0 Å². The number of benzene rings is 1. The van der Waals surface area contributed by atoms with E-state index in [1.54, 1.807) is 0 Å². The van der Waals surface area contributed by atoms with Crippen LogP contribution in [0.4, 0.5) is 0 Å². The second kappa shape index (κ2) is 7.34. The monoisotopic (exact) mass is 288 g/mol. The maximum atomic E-state index is 5.99. The Morgan fingerprint density at radius 3 is 2.67 bits per heavy atom. The molecule has 0 radical (unpaired) electrons. The van der Waals surface area contributed by atoms with E-state index in [1.807, 2.05) is 4.42 Å². The first-order valence-corrected chi connectivity index (χ1v) is 6.75. The fourth-order valence-corrected chi connectivity index (χ4v) is 2.63. The van der Waals surface area contributed by atoms with E-state index < -0.39 is 0 Å². The van der Waals surface area contributed by atoms with Gasteiger partial charge in [-0.3, -0.25) is 0 Å². The lowest BCUT2D eigenvalue weighted by Gasteiger charge is -2.27. The zero-order valence-corrected chi connectivity index (χ0v) is 12.4. The minimum atomic E-state index is 0. The lowest BCUT2D eigenvalue weighted by molar-refractivity contribution is 0.335. The Kier molecular flexibility index (Phi) is 6.44. The molecular weight excluding hydrogens is 267 g/mol. The third-order valence-corrected chi connectivity index (χ3v) is 4.08. The van der Waals surface area contributed by atoms with Crippen molar-refractivity contribution in [3.8, 4) is 0 Å². The van der Waals surface area contributed by atoms with Crippen molar-refractivity contribution in [2.45, 2.75) is 31.6 Å². The fraction of sp³-hybridized carbons (Fsp3) is 0.571. The third-order valence-electron chi connectivity index (χ3n) is 3.75. The Labute approximate surface area is 121 Å². The van der Waals surface area contributed by atoms with Crippen molar-refractivity contribution in [1.29, 1.82) is 0 Å². The van der Waals surface area contributed by atoms with E-state index in [9.17, 15) is 0 Å². The Morgan fingerprint density at radius 1 is 1.39 bits per heavy atom. The van der Waals surface area contributed by atoms with Crippen molar-refractivity contribution in [3.05, 3.63) is 35.4 Å². The molecule has 102 valence electrons. The van der Waals surface area contributed by atoms with Crippen LogP contribution in [-0.4, -0.2) is 24.1 Å². The van der Waals surface area contributed by atoms with Crippen LogP contribution in [0.2, 0.25) is 0 Å². The molecule has 2 N–H and O–H groups in total. The van der Waals surface area contributed by atoms with E-state index in [2.05, 4.69) is 31.2 Å². The molecule has 1 atom stereocenters. The molecule has 1 aliphatic heterocycles. The van der Waals surface area contributed by atoms with Gasteiger partial charge in [0, 0.05) is 13.1 Å². The first-order valence-electron chi connectivity index (χ1n) is 6.41. The highest BCUT2D eigenvalue weighted by molar-refractivity contribution is 6.13. The van der Waals surface area contributed by atoms with Crippen molar-refractivity contribution in [2.24, 2.45) is 5.73 Å². The molecule has 2 nitrogen and oxygen atoms in total. The van der Waals surface area contributed by atoms with Gasteiger partial charge in [-0.2, -0.15) is 0 Å². The zero-order chi connectivity index (χ0) is 12.3. The van der Waals surface area contributed by atoms with Gasteiger partial charge in [-0.15, -0.1) is 12.4 Å². The van der Waals surface area contributed by atoms with E-state index >= 15 is 0 Å². The molecule has 18 heavy (non-hydrogen) atoms.